The van der Waals surface area contributed by atoms with Gasteiger partial charge in [-0.3, -0.25) is 4.72 Å². The lowest BCUT2D eigenvalue weighted by Gasteiger charge is -2.40. The second kappa shape index (κ2) is 8.28. The largest absolute Gasteiger partial charge is 0.375 e. The number of hydrogen-bond donors (Lipinski definition) is 1. The number of nitrogens with one attached hydrogen (secondary N) is 1. The summed E-state index contributed by atoms with van der Waals surface area (Å²) in [6.07, 6.45) is 3.05. The van der Waals surface area contributed by atoms with Crippen LogP contribution in [0.4, 0.5) is 15.8 Å². The Kier molecular flexibility index (Phi) is 5.83. The zero-order valence-corrected chi connectivity index (χ0v) is 18.8. The van der Waals surface area contributed by atoms with Crippen molar-refractivity contribution < 1.29 is 17.5 Å². The number of halogens is 1. The predicted molar refractivity (Wildman–Crippen MR) is 123 cm³/mol. The summed E-state index contributed by atoms with van der Waals surface area (Å²) >= 11 is 0. The molecule has 0 bridgehead atoms. The topological polar surface area (TPSA) is 58.6 Å². The molecule has 2 fully saturated rings. The van der Waals surface area contributed by atoms with Crippen molar-refractivity contribution in [3.8, 4) is 0 Å². The van der Waals surface area contributed by atoms with Crippen LogP contribution in [0.5, 0.6) is 0 Å². The molecule has 5 nitrogen and oxygen atoms in total. The third-order valence-corrected chi connectivity index (χ3v) is 7.22. The molecule has 0 radical (unpaired) electrons. The molecule has 7 heteroatoms. The van der Waals surface area contributed by atoms with Crippen LogP contribution < -0.4 is 9.62 Å². The molecule has 2 aromatic carbocycles. The first-order valence-corrected chi connectivity index (χ1v) is 12.2. The standard InChI is InChI=1S/C24H29FN2O3S/c1-23(2)17-24(18-30-23)12-14-27(15-13-24)22-11-7-6-10-21(22)26-31(28,29)16-20(25)19-8-4-3-5-9-19/h3-11,16,26H,12-15,17-18H2,1-2H3/b20-16-. The van der Waals surface area contributed by atoms with E-state index in [0.717, 1.165) is 44.6 Å². The van der Waals surface area contributed by atoms with Gasteiger partial charge in [-0.2, -0.15) is 0 Å². The third kappa shape index (κ3) is 5.10. The van der Waals surface area contributed by atoms with Gasteiger partial charge in [-0.1, -0.05) is 42.5 Å². The minimum atomic E-state index is -4.01. The van der Waals surface area contributed by atoms with Gasteiger partial charge in [0.15, 0.2) is 0 Å². The van der Waals surface area contributed by atoms with Crippen LogP contribution in [0.3, 0.4) is 0 Å². The first kappa shape index (κ1) is 21.8. The molecule has 166 valence electrons. The van der Waals surface area contributed by atoms with E-state index in [0.29, 0.717) is 11.1 Å². The average Bonchev–Trinajstić information content (AvgIpc) is 3.03. The SMILES string of the molecule is CC1(C)CC2(CCN(c3ccccc3NS(=O)(=O)/C=C(\F)c3ccccc3)CC2)CO1. The lowest BCUT2D eigenvalue weighted by Crippen LogP contribution is -2.41. The fourth-order valence-corrected chi connectivity index (χ4v) is 5.66. The van der Waals surface area contributed by atoms with Gasteiger partial charge in [-0.15, -0.1) is 0 Å². The van der Waals surface area contributed by atoms with Crippen molar-refractivity contribution in [3.05, 3.63) is 65.6 Å². The van der Waals surface area contributed by atoms with Crippen LogP contribution >= 0.6 is 0 Å². The Balaban J connectivity index is 1.49. The van der Waals surface area contributed by atoms with E-state index in [1.165, 1.54) is 12.1 Å². The first-order valence-electron chi connectivity index (χ1n) is 10.6. The molecule has 0 aromatic heterocycles. The second-order valence-corrected chi connectivity index (χ2v) is 10.7. The molecular weight excluding hydrogens is 415 g/mol. The fourth-order valence-electron chi connectivity index (χ4n) is 4.72. The molecule has 0 aliphatic carbocycles. The highest BCUT2D eigenvalue weighted by atomic mass is 32.2. The summed E-state index contributed by atoms with van der Waals surface area (Å²) in [6.45, 7) is 6.71. The number of anilines is 2. The Bertz CT molecular complexity index is 1060. The van der Waals surface area contributed by atoms with E-state index in [2.05, 4.69) is 23.5 Å². The first-order chi connectivity index (χ1) is 14.7. The van der Waals surface area contributed by atoms with Gasteiger partial charge in [-0.25, -0.2) is 12.8 Å². The molecule has 2 saturated heterocycles. The van der Waals surface area contributed by atoms with Gasteiger partial charge in [0, 0.05) is 18.7 Å². The molecule has 31 heavy (non-hydrogen) atoms. The maximum atomic E-state index is 14.4. The predicted octanol–water partition coefficient (Wildman–Crippen LogP) is 5.18. The minimum absolute atomic E-state index is 0.0785. The second-order valence-electron chi connectivity index (χ2n) is 9.21. The third-order valence-electron chi connectivity index (χ3n) is 6.20. The van der Waals surface area contributed by atoms with Crippen molar-refractivity contribution in [1.82, 2.24) is 0 Å². The summed E-state index contributed by atoms with van der Waals surface area (Å²) in [7, 11) is -4.01. The Hall–Kier alpha value is -2.38. The smallest absolute Gasteiger partial charge is 0.258 e. The molecular formula is C24H29FN2O3S. The van der Waals surface area contributed by atoms with E-state index in [-0.39, 0.29) is 16.6 Å². The van der Waals surface area contributed by atoms with Gasteiger partial charge in [0.05, 0.1) is 29.0 Å². The molecule has 2 heterocycles. The minimum Gasteiger partial charge on any atom is -0.375 e. The van der Waals surface area contributed by atoms with Gasteiger partial charge in [0.2, 0.25) is 0 Å². The van der Waals surface area contributed by atoms with Crippen molar-refractivity contribution in [2.75, 3.05) is 29.3 Å². The number of rotatable bonds is 5. The van der Waals surface area contributed by atoms with Crippen molar-refractivity contribution in [3.63, 3.8) is 0 Å². The van der Waals surface area contributed by atoms with Crippen LogP contribution in [-0.2, 0) is 14.8 Å². The molecule has 1 spiro atoms. The van der Waals surface area contributed by atoms with Crippen LogP contribution in [0, 0.1) is 5.41 Å². The summed E-state index contributed by atoms with van der Waals surface area (Å²) in [5.74, 6) is -0.797. The van der Waals surface area contributed by atoms with Crippen LogP contribution in [0.2, 0.25) is 0 Å². The van der Waals surface area contributed by atoms with Crippen molar-refractivity contribution in [2.45, 2.75) is 38.7 Å². The zero-order valence-electron chi connectivity index (χ0n) is 18.0. The van der Waals surface area contributed by atoms with Gasteiger partial charge < -0.3 is 9.64 Å². The highest BCUT2D eigenvalue weighted by Gasteiger charge is 2.45. The van der Waals surface area contributed by atoms with E-state index >= 15 is 0 Å². The number of para-hydroxylation sites is 2. The number of hydrogen-bond acceptors (Lipinski definition) is 4. The van der Waals surface area contributed by atoms with E-state index in [1.54, 1.807) is 30.3 Å². The fraction of sp³-hybridized carbons (Fsp3) is 0.417. The normalized spacial score (nSPS) is 20.7. The Morgan fingerprint density at radius 2 is 1.71 bits per heavy atom. The maximum Gasteiger partial charge on any atom is 0.258 e. The number of benzene rings is 2. The van der Waals surface area contributed by atoms with Crippen LogP contribution in [-0.4, -0.2) is 33.7 Å². The molecule has 2 aromatic rings. The van der Waals surface area contributed by atoms with Crippen molar-refractivity contribution in [2.24, 2.45) is 5.41 Å². The lowest BCUT2D eigenvalue weighted by atomic mass is 9.74. The molecule has 2 aliphatic heterocycles. The molecule has 1 N–H and O–H groups in total. The van der Waals surface area contributed by atoms with Crippen LogP contribution in [0.15, 0.2) is 60.0 Å². The van der Waals surface area contributed by atoms with Gasteiger partial charge >= 0.3 is 0 Å². The van der Waals surface area contributed by atoms with E-state index < -0.39 is 15.9 Å². The zero-order chi connectivity index (χ0) is 22.1. The molecule has 0 unspecified atom stereocenters. The van der Waals surface area contributed by atoms with Crippen molar-refractivity contribution in [1.29, 1.82) is 0 Å². The summed E-state index contributed by atoms with van der Waals surface area (Å²) in [6, 6.07) is 15.4. The van der Waals surface area contributed by atoms with E-state index in [9.17, 15) is 12.8 Å². The highest BCUT2D eigenvalue weighted by Crippen LogP contribution is 2.47. The number of piperidine rings is 1. The average molecular weight is 445 g/mol. The Morgan fingerprint density at radius 3 is 2.35 bits per heavy atom. The molecule has 2 aliphatic rings. The van der Waals surface area contributed by atoms with Gasteiger partial charge in [0.25, 0.3) is 10.0 Å². The quantitative estimate of drug-likeness (QED) is 0.690. The number of ether oxygens (including phenoxy) is 1. The number of sulfonamides is 1. The van der Waals surface area contributed by atoms with Gasteiger partial charge in [-0.05, 0) is 50.7 Å². The Labute approximate surface area is 184 Å². The van der Waals surface area contributed by atoms with Crippen LogP contribution in [0.1, 0.15) is 38.7 Å². The van der Waals surface area contributed by atoms with E-state index in [1.807, 2.05) is 12.1 Å². The molecule has 0 atom stereocenters. The monoisotopic (exact) mass is 444 g/mol. The molecule has 4 rings (SSSR count). The highest BCUT2D eigenvalue weighted by molar-refractivity contribution is 7.95. The number of nitrogens with zero attached hydrogens (tertiary/aromatic N) is 1. The summed E-state index contributed by atoms with van der Waals surface area (Å²) in [5.41, 5.74) is 1.62. The Morgan fingerprint density at radius 1 is 1.06 bits per heavy atom. The summed E-state index contributed by atoms with van der Waals surface area (Å²) in [5, 5.41) is 0.641. The summed E-state index contributed by atoms with van der Waals surface area (Å²) < 4.78 is 48.2. The van der Waals surface area contributed by atoms with E-state index in [4.69, 9.17) is 4.74 Å². The lowest BCUT2D eigenvalue weighted by molar-refractivity contribution is 0.0295. The van der Waals surface area contributed by atoms with Crippen LogP contribution in [0.25, 0.3) is 5.83 Å². The summed E-state index contributed by atoms with van der Waals surface area (Å²) in [4.78, 5) is 2.20. The molecule has 0 saturated carbocycles. The van der Waals surface area contributed by atoms with Gasteiger partial charge in [0.1, 0.15) is 5.83 Å². The maximum absolute atomic E-state index is 14.4. The van der Waals surface area contributed by atoms with Crippen molar-refractivity contribution >= 4 is 27.2 Å². The molecule has 0 amide bonds.